The Balaban J connectivity index is 0.000000921. The van der Waals surface area contributed by atoms with E-state index in [9.17, 15) is 4.79 Å². The van der Waals surface area contributed by atoms with Crippen LogP contribution in [0.2, 0.25) is 0 Å². The molecule has 5 nitrogen and oxygen atoms in total. The van der Waals surface area contributed by atoms with Gasteiger partial charge in [0.2, 0.25) is 5.88 Å². The zero-order valence-corrected chi connectivity index (χ0v) is 9.71. The number of H-pyrrole nitrogens is 1. The van der Waals surface area contributed by atoms with Crippen molar-refractivity contribution >= 4 is 0 Å². The van der Waals surface area contributed by atoms with E-state index >= 15 is 0 Å². The minimum Gasteiger partial charge on any atom is -0.491 e. The molecule has 0 bridgehead atoms. The van der Waals surface area contributed by atoms with Crippen LogP contribution in [0.3, 0.4) is 0 Å². The molecule has 0 aliphatic carbocycles. The molecule has 0 aliphatic heterocycles. The van der Waals surface area contributed by atoms with Crippen molar-refractivity contribution < 1.29 is 14.2 Å². The Morgan fingerprint density at radius 2 is 1.53 bits per heavy atom. The van der Waals surface area contributed by atoms with Crippen molar-refractivity contribution in [3.63, 3.8) is 0 Å². The number of hydrogen-bond donors (Lipinski definition) is 1. The highest BCUT2D eigenvalue weighted by Gasteiger charge is 2.08. The van der Waals surface area contributed by atoms with Crippen LogP contribution in [-0.4, -0.2) is 26.3 Å². The first-order valence-electron chi connectivity index (χ1n) is 4.62. The van der Waals surface area contributed by atoms with Gasteiger partial charge in [-0.1, -0.05) is 13.8 Å². The molecule has 86 valence electrons. The van der Waals surface area contributed by atoms with Gasteiger partial charge in [0.05, 0.1) is 21.3 Å². The van der Waals surface area contributed by atoms with Crippen LogP contribution in [0.5, 0.6) is 17.4 Å². The summed E-state index contributed by atoms with van der Waals surface area (Å²) in [6.45, 7) is 4.00. The van der Waals surface area contributed by atoms with E-state index < -0.39 is 0 Å². The van der Waals surface area contributed by atoms with Crippen molar-refractivity contribution in [3.05, 3.63) is 16.4 Å². The summed E-state index contributed by atoms with van der Waals surface area (Å²) in [5.41, 5.74) is -0.347. The molecule has 1 aromatic heterocycles. The zero-order valence-electron chi connectivity index (χ0n) is 9.71. The van der Waals surface area contributed by atoms with E-state index in [1.807, 2.05) is 13.8 Å². The van der Waals surface area contributed by atoms with Crippen LogP contribution in [0.1, 0.15) is 13.8 Å². The molecular weight excluding hydrogens is 198 g/mol. The van der Waals surface area contributed by atoms with Crippen LogP contribution in [-0.2, 0) is 0 Å². The minimum absolute atomic E-state index is 0.192. The number of nitrogens with one attached hydrogen (secondary N) is 1. The SMILES string of the molecule is CC.COc1cc(OC)c(=O)[nH]c1OC. The molecule has 0 spiro atoms. The highest BCUT2D eigenvalue weighted by atomic mass is 16.5. The van der Waals surface area contributed by atoms with E-state index in [0.717, 1.165) is 0 Å². The second kappa shape index (κ2) is 6.75. The van der Waals surface area contributed by atoms with Crippen LogP contribution in [0.4, 0.5) is 0 Å². The lowest BCUT2D eigenvalue weighted by atomic mass is 10.4. The van der Waals surface area contributed by atoms with Gasteiger partial charge in [0, 0.05) is 6.07 Å². The predicted octanol–water partition coefficient (Wildman–Crippen LogP) is 1.43. The number of pyridine rings is 1. The molecule has 0 radical (unpaired) electrons. The molecule has 0 saturated carbocycles. The van der Waals surface area contributed by atoms with Crippen molar-refractivity contribution in [1.29, 1.82) is 0 Å². The normalized spacial score (nSPS) is 8.60. The zero-order chi connectivity index (χ0) is 11.8. The van der Waals surface area contributed by atoms with Crippen LogP contribution >= 0.6 is 0 Å². The smallest absolute Gasteiger partial charge is 0.293 e. The van der Waals surface area contributed by atoms with Crippen molar-refractivity contribution in [2.24, 2.45) is 0 Å². The molecule has 1 aromatic rings. The summed E-state index contributed by atoms with van der Waals surface area (Å²) in [5.74, 6) is 0.907. The summed E-state index contributed by atoms with van der Waals surface area (Å²) in [5, 5.41) is 0. The number of rotatable bonds is 3. The molecule has 0 aliphatic rings. The summed E-state index contributed by atoms with van der Waals surface area (Å²) in [6, 6.07) is 1.47. The maximum absolute atomic E-state index is 11.2. The summed E-state index contributed by atoms with van der Waals surface area (Å²) in [6.07, 6.45) is 0. The molecule has 0 aromatic carbocycles. The third-order valence-corrected chi connectivity index (χ3v) is 1.58. The van der Waals surface area contributed by atoms with Crippen molar-refractivity contribution in [2.75, 3.05) is 21.3 Å². The van der Waals surface area contributed by atoms with Crippen molar-refractivity contribution in [1.82, 2.24) is 4.98 Å². The van der Waals surface area contributed by atoms with E-state index in [4.69, 9.17) is 14.2 Å². The third-order valence-electron chi connectivity index (χ3n) is 1.58. The van der Waals surface area contributed by atoms with Crippen molar-refractivity contribution in [3.8, 4) is 17.4 Å². The number of methoxy groups -OCH3 is 3. The largest absolute Gasteiger partial charge is 0.491 e. The number of ether oxygens (including phenoxy) is 3. The van der Waals surface area contributed by atoms with Gasteiger partial charge in [0.1, 0.15) is 0 Å². The van der Waals surface area contributed by atoms with Crippen molar-refractivity contribution in [2.45, 2.75) is 13.8 Å². The second-order valence-electron chi connectivity index (χ2n) is 2.27. The van der Waals surface area contributed by atoms with Crippen LogP contribution in [0.25, 0.3) is 0 Å². The third kappa shape index (κ3) is 3.19. The fourth-order valence-corrected chi connectivity index (χ4v) is 0.931. The highest BCUT2D eigenvalue weighted by molar-refractivity contribution is 5.39. The standard InChI is InChI=1S/C8H11NO4.C2H6/c1-11-5-4-6(12-2)8(13-3)9-7(5)10;1-2/h4H,1-3H3,(H,9,10);1-2H3. The van der Waals surface area contributed by atoms with Crippen LogP contribution in [0, 0.1) is 0 Å². The van der Waals surface area contributed by atoms with Gasteiger partial charge in [-0.05, 0) is 0 Å². The van der Waals surface area contributed by atoms with Crippen LogP contribution in [0.15, 0.2) is 10.9 Å². The summed E-state index contributed by atoms with van der Waals surface area (Å²) in [4.78, 5) is 13.7. The van der Waals surface area contributed by atoms with Gasteiger partial charge in [0.15, 0.2) is 11.5 Å². The Kier molecular flexibility index (Phi) is 6.01. The van der Waals surface area contributed by atoms with E-state index in [0.29, 0.717) is 5.75 Å². The van der Waals surface area contributed by atoms with Gasteiger partial charge in [-0.15, -0.1) is 0 Å². The number of hydrogen-bond acceptors (Lipinski definition) is 4. The molecule has 5 heteroatoms. The molecular formula is C10H17NO4. The average Bonchev–Trinajstić information content (AvgIpc) is 2.31. The molecule has 1 heterocycles. The van der Waals surface area contributed by atoms with E-state index in [-0.39, 0.29) is 17.2 Å². The lowest BCUT2D eigenvalue weighted by Gasteiger charge is -2.07. The average molecular weight is 215 g/mol. The Hall–Kier alpha value is -1.65. The van der Waals surface area contributed by atoms with E-state index in [1.54, 1.807) is 0 Å². The summed E-state index contributed by atoms with van der Waals surface area (Å²) >= 11 is 0. The first-order chi connectivity index (χ1) is 7.22. The Morgan fingerprint density at radius 1 is 1.00 bits per heavy atom. The summed E-state index contributed by atoms with van der Waals surface area (Å²) in [7, 11) is 4.34. The Bertz CT molecular complexity index is 346. The second-order valence-corrected chi connectivity index (χ2v) is 2.27. The van der Waals surface area contributed by atoms with Gasteiger partial charge in [-0.25, -0.2) is 0 Å². The molecule has 1 rings (SSSR count). The van der Waals surface area contributed by atoms with Gasteiger partial charge < -0.3 is 14.2 Å². The maximum atomic E-state index is 11.2. The van der Waals surface area contributed by atoms with Gasteiger partial charge >= 0.3 is 0 Å². The molecule has 0 fully saturated rings. The Labute approximate surface area is 89.0 Å². The van der Waals surface area contributed by atoms with Crippen LogP contribution < -0.4 is 19.8 Å². The molecule has 0 amide bonds. The fraction of sp³-hybridized carbons (Fsp3) is 0.500. The van der Waals surface area contributed by atoms with E-state index in [2.05, 4.69) is 4.98 Å². The summed E-state index contributed by atoms with van der Waals surface area (Å²) < 4.78 is 14.6. The molecule has 1 N–H and O–H groups in total. The molecule has 0 unspecified atom stereocenters. The quantitative estimate of drug-likeness (QED) is 0.828. The predicted molar refractivity (Wildman–Crippen MR) is 58.1 cm³/mol. The topological polar surface area (TPSA) is 60.5 Å². The first kappa shape index (κ1) is 13.4. The molecule has 0 atom stereocenters. The molecule has 15 heavy (non-hydrogen) atoms. The monoisotopic (exact) mass is 215 g/mol. The Morgan fingerprint density at radius 3 is 1.93 bits per heavy atom. The van der Waals surface area contributed by atoms with Gasteiger partial charge in [-0.2, -0.15) is 0 Å². The molecule has 0 saturated heterocycles. The lowest BCUT2D eigenvalue weighted by Crippen LogP contribution is -2.10. The van der Waals surface area contributed by atoms with E-state index in [1.165, 1.54) is 27.4 Å². The maximum Gasteiger partial charge on any atom is 0.293 e. The lowest BCUT2D eigenvalue weighted by molar-refractivity contribution is 0.334. The highest BCUT2D eigenvalue weighted by Crippen LogP contribution is 2.24. The number of aromatic amines is 1. The number of aromatic nitrogens is 1. The van der Waals surface area contributed by atoms with Gasteiger partial charge in [0.25, 0.3) is 5.56 Å². The van der Waals surface area contributed by atoms with Gasteiger partial charge in [-0.3, -0.25) is 9.78 Å². The fourth-order valence-electron chi connectivity index (χ4n) is 0.931. The first-order valence-corrected chi connectivity index (χ1v) is 4.62. The minimum atomic E-state index is -0.347.